The highest BCUT2D eigenvalue weighted by Gasteiger charge is 2.33. The molecule has 0 heteroatoms. The van der Waals surface area contributed by atoms with E-state index in [0.29, 0.717) is 5.41 Å². The first kappa shape index (κ1) is 15.2. The molecule has 1 aliphatic rings. The Kier molecular flexibility index (Phi) is 7.12. The summed E-state index contributed by atoms with van der Waals surface area (Å²) in [5, 5.41) is 0. The zero-order chi connectivity index (χ0) is 12.6. The molecule has 0 aromatic rings. The lowest BCUT2D eigenvalue weighted by molar-refractivity contribution is 0.325. The quantitative estimate of drug-likeness (QED) is 0.535. The first-order valence-electron chi connectivity index (χ1n) is 6.69. The Morgan fingerprint density at radius 2 is 1.81 bits per heavy atom. The van der Waals surface area contributed by atoms with E-state index in [1.807, 2.05) is 19.9 Å². The minimum absolute atomic E-state index is 0.501. The van der Waals surface area contributed by atoms with Crippen LogP contribution in [0.25, 0.3) is 0 Å². The van der Waals surface area contributed by atoms with Gasteiger partial charge in [0, 0.05) is 0 Å². The molecule has 0 N–H and O–H groups in total. The summed E-state index contributed by atoms with van der Waals surface area (Å²) in [4.78, 5) is 0. The van der Waals surface area contributed by atoms with Gasteiger partial charge in [-0.3, -0.25) is 0 Å². The van der Waals surface area contributed by atoms with Crippen molar-refractivity contribution < 1.29 is 0 Å². The van der Waals surface area contributed by atoms with E-state index in [-0.39, 0.29) is 0 Å². The van der Waals surface area contributed by atoms with Gasteiger partial charge >= 0.3 is 0 Å². The lowest BCUT2D eigenvalue weighted by Crippen LogP contribution is -2.16. The van der Waals surface area contributed by atoms with Crippen molar-refractivity contribution in [2.75, 3.05) is 0 Å². The molecule has 0 aromatic heterocycles. The monoisotopic (exact) mass is 220 g/mol. The maximum Gasteiger partial charge on any atom is -0.00871 e. The zero-order valence-electron chi connectivity index (χ0n) is 11.8. The predicted molar refractivity (Wildman–Crippen MR) is 75.6 cm³/mol. The van der Waals surface area contributed by atoms with Crippen molar-refractivity contribution in [3.05, 3.63) is 36.0 Å². The van der Waals surface area contributed by atoms with E-state index in [4.69, 9.17) is 0 Å². The van der Waals surface area contributed by atoms with Gasteiger partial charge in [0.1, 0.15) is 0 Å². The summed E-state index contributed by atoms with van der Waals surface area (Å²) in [5.74, 6) is 0. The van der Waals surface area contributed by atoms with Crippen LogP contribution in [0.15, 0.2) is 36.0 Å². The second-order valence-electron chi connectivity index (χ2n) is 4.23. The number of rotatable bonds is 4. The van der Waals surface area contributed by atoms with Gasteiger partial charge in [-0.05, 0) is 43.6 Å². The fourth-order valence-electron chi connectivity index (χ4n) is 2.62. The lowest BCUT2D eigenvalue weighted by atomic mass is 9.77. The van der Waals surface area contributed by atoms with Crippen molar-refractivity contribution >= 4 is 0 Å². The molecule has 0 aromatic carbocycles. The van der Waals surface area contributed by atoms with E-state index in [0.717, 1.165) is 0 Å². The third-order valence-electron chi connectivity index (χ3n) is 3.94. The number of hydrogen-bond donors (Lipinski definition) is 0. The van der Waals surface area contributed by atoms with Gasteiger partial charge in [-0.25, -0.2) is 0 Å². The van der Waals surface area contributed by atoms with Crippen molar-refractivity contribution in [3.63, 3.8) is 0 Å². The van der Waals surface area contributed by atoms with Gasteiger partial charge in [0.2, 0.25) is 0 Å². The molecule has 0 aliphatic heterocycles. The van der Waals surface area contributed by atoms with Gasteiger partial charge in [-0.2, -0.15) is 0 Å². The van der Waals surface area contributed by atoms with Gasteiger partial charge < -0.3 is 0 Å². The van der Waals surface area contributed by atoms with Gasteiger partial charge in [-0.15, -0.1) is 0 Å². The normalized spacial score (nSPS) is 18.6. The highest BCUT2D eigenvalue weighted by Crippen LogP contribution is 2.47. The van der Waals surface area contributed by atoms with Crippen LogP contribution in [0, 0.1) is 5.41 Å². The van der Waals surface area contributed by atoms with Gasteiger partial charge in [0.25, 0.3) is 0 Å². The molecule has 0 amide bonds. The van der Waals surface area contributed by atoms with Gasteiger partial charge in [0.05, 0.1) is 0 Å². The Morgan fingerprint density at radius 3 is 2.19 bits per heavy atom. The third-order valence-corrected chi connectivity index (χ3v) is 3.94. The first-order chi connectivity index (χ1) is 7.70. The van der Waals surface area contributed by atoms with Gasteiger partial charge in [0.15, 0.2) is 0 Å². The van der Waals surface area contributed by atoms with Crippen LogP contribution in [0.1, 0.15) is 60.3 Å². The molecule has 92 valence electrons. The molecule has 0 saturated heterocycles. The number of hydrogen-bond acceptors (Lipinski definition) is 0. The highest BCUT2D eigenvalue weighted by atomic mass is 14.4. The van der Waals surface area contributed by atoms with Gasteiger partial charge in [-0.1, -0.05) is 58.1 Å². The standard InChI is InChI=1S/C14H22.C2H6/c1-5-8-9-13-10-11-14(6-2,7-3)12(13)4;1-2/h5,8-9H,1,6-7,10-11H2,2-4H3;1-2H3/b9-8-;. The van der Waals surface area contributed by atoms with E-state index in [9.17, 15) is 0 Å². The molecule has 0 bridgehead atoms. The third kappa shape index (κ3) is 3.10. The smallest absolute Gasteiger partial charge is 0.00871 e. The summed E-state index contributed by atoms with van der Waals surface area (Å²) in [6.45, 7) is 14.6. The van der Waals surface area contributed by atoms with E-state index in [1.165, 1.54) is 31.3 Å². The van der Waals surface area contributed by atoms with Crippen LogP contribution in [0.5, 0.6) is 0 Å². The van der Waals surface area contributed by atoms with Crippen LogP contribution in [-0.2, 0) is 0 Å². The Bertz CT molecular complexity index is 262. The van der Waals surface area contributed by atoms with E-state index >= 15 is 0 Å². The SMILES string of the molecule is C=C/C=C\C1=C(C)C(CC)(CC)CC1.CC. The summed E-state index contributed by atoms with van der Waals surface area (Å²) in [7, 11) is 0. The Hall–Kier alpha value is -0.780. The van der Waals surface area contributed by atoms with Crippen LogP contribution in [-0.4, -0.2) is 0 Å². The fraction of sp³-hybridized carbons (Fsp3) is 0.625. The van der Waals surface area contributed by atoms with Crippen LogP contribution < -0.4 is 0 Å². The Balaban J connectivity index is 0.00000106. The lowest BCUT2D eigenvalue weighted by Gasteiger charge is -2.28. The van der Waals surface area contributed by atoms with E-state index in [1.54, 1.807) is 5.57 Å². The fourth-order valence-corrected chi connectivity index (χ4v) is 2.62. The molecular weight excluding hydrogens is 192 g/mol. The van der Waals surface area contributed by atoms with Crippen molar-refractivity contribution in [1.29, 1.82) is 0 Å². The summed E-state index contributed by atoms with van der Waals surface area (Å²) >= 11 is 0. The van der Waals surface area contributed by atoms with Crippen LogP contribution >= 0.6 is 0 Å². The average molecular weight is 220 g/mol. The minimum atomic E-state index is 0.501. The molecule has 0 unspecified atom stereocenters. The molecule has 0 fully saturated rings. The maximum atomic E-state index is 3.71. The highest BCUT2D eigenvalue weighted by molar-refractivity contribution is 5.35. The summed E-state index contributed by atoms with van der Waals surface area (Å²) < 4.78 is 0. The summed E-state index contributed by atoms with van der Waals surface area (Å²) in [5.41, 5.74) is 3.65. The minimum Gasteiger partial charge on any atom is -0.0991 e. The average Bonchev–Trinajstić information content (AvgIpc) is 2.67. The molecule has 0 heterocycles. The largest absolute Gasteiger partial charge is 0.0991 e. The molecule has 0 radical (unpaired) electrons. The molecule has 1 rings (SSSR count). The zero-order valence-corrected chi connectivity index (χ0v) is 11.8. The molecule has 0 saturated carbocycles. The van der Waals surface area contributed by atoms with E-state index in [2.05, 4.69) is 39.5 Å². The summed E-state index contributed by atoms with van der Waals surface area (Å²) in [6, 6.07) is 0. The molecule has 0 spiro atoms. The van der Waals surface area contributed by atoms with Crippen molar-refractivity contribution in [3.8, 4) is 0 Å². The summed E-state index contributed by atoms with van der Waals surface area (Å²) in [6.07, 6.45) is 11.3. The predicted octanol–water partition coefficient (Wildman–Crippen LogP) is 5.67. The molecular formula is C16H28. The molecule has 1 aliphatic carbocycles. The second kappa shape index (κ2) is 7.49. The Morgan fingerprint density at radius 1 is 1.25 bits per heavy atom. The van der Waals surface area contributed by atoms with Crippen LogP contribution in [0.4, 0.5) is 0 Å². The maximum absolute atomic E-state index is 3.71. The van der Waals surface area contributed by atoms with Crippen molar-refractivity contribution in [2.24, 2.45) is 5.41 Å². The first-order valence-corrected chi connectivity index (χ1v) is 6.69. The molecule has 0 nitrogen and oxygen atoms in total. The molecule has 0 atom stereocenters. The van der Waals surface area contributed by atoms with E-state index < -0.39 is 0 Å². The topological polar surface area (TPSA) is 0 Å². The Labute approximate surface area is 102 Å². The van der Waals surface area contributed by atoms with Crippen molar-refractivity contribution in [1.82, 2.24) is 0 Å². The second-order valence-corrected chi connectivity index (χ2v) is 4.23. The number of allylic oxidation sites excluding steroid dienone is 5. The van der Waals surface area contributed by atoms with Crippen LogP contribution in [0.3, 0.4) is 0 Å². The van der Waals surface area contributed by atoms with Crippen LogP contribution in [0.2, 0.25) is 0 Å². The molecule has 16 heavy (non-hydrogen) atoms. The van der Waals surface area contributed by atoms with Crippen molar-refractivity contribution in [2.45, 2.75) is 60.3 Å².